The number of ether oxygens (including phenoxy) is 1. The Morgan fingerprint density at radius 2 is 2.09 bits per heavy atom. The summed E-state index contributed by atoms with van der Waals surface area (Å²) in [7, 11) is 1.84. The fourth-order valence-corrected chi connectivity index (χ4v) is 6.53. The van der Waals surface area contributed by atoms with Gasteiger partial charge in [0.1, 0.15) is 10.6 Å². The molecule has 0 aliphatic heterocycles. The number of thiophene rings is 1. The van der Waals surface area contributed by atoms with Gasteiger partial charge in [0.05, 0.1) is 17.9 Å². The first-order valence-corrected chi connectivity index (χ1v) is 13.9. The molecule has 0 atom stereocenters. The summed E-state index contributed by atoms with van der Waals surface area (Å²) in [4.78, 5) is 26.6. The second-order valence-electron chi connectivity index (χ2n) is 8.13. The van der Waals surface area contributed by atoms with Gasteiger partial charge < -0.3 is 19.0 Å². The molecule has 3 heterocycles. The Kier molecular flexibility index (Phi) is 6.99. The maximum absolute atomic E-state index is 12.8. The fourth-order valence-electron chi connectivity index (χ4n) is 4.15. The van der Waals surface area contributed by atoms with E-state index >= 15 is 0 Å². The molecular formula is C24H23BrN4O4S2. The van der Waals surface area contributed by atoms with E-state index in [-0.39, 0.29) is 17.6 Å². The molecule has 182 valence electrons. The molecule has 0 unspecified atom stereocenters. The summed E-state index contributed by atoms with van der Waals surface area (Å²) in [5, 5.41) is 13.6. The molecule has 1 amide bonds. The Morgan fingerprint density at radius 3 is 2.91 bits per heavy atom. The molecule has 0 radical (unpaired) electrons. The zero-order valence-corrected chi connectivity index (χ0v) is 22.4. The second-order valence-corrected chi connectivity index (χ2v) is 11.1. The van der Waals surface area contributed by atoms with Crippen LogP contribution >= 0.6 is 39.0 Å². The van der Waals surface area contributed by atoms with Crippen molar-refractivity contribution >= 4 is 66.9 Å². The van der Waals surface area contributed by atoms with Gasteiger partial charge in [-0.15, -0.1) is 21.5 Å². The minimum absolute atomic E-state index is 0.129. The molecule has 1 aliphatic carbocycles. The Hall–Kier alpha value is -2.63. The van der Waals surface area contributed by atoms with Crippen LogP contribution in [-0.4, -0.2) is 39.0 Å². The summed E-state index contributed by atoms with van der Waals surface area (Å²) < 4.78 is 14.0. The number of hydrogen-bond donors (Lipinski definition) is 1. The quantitative estimate of drug-likeness (QED) is 0.218. The van der Waals surface area contributed by atoms with Gasteiger partial charge in [-0.25, -0.2) is 4.79 Å². The Morgan fingerprint density at radius 1 is 1.26 bits per heavy atom. The van der Waals surface area contributed by atoms with Crippen molar-refractivity contribution in [2.24, 2.45) is 7.05 Å². The third-order valence-corrected chi connectivity index (χ3v) is 8.49. The number of amides is 1. The number of halogens is 1. The molecule has 1 aliphatic rings. The van der Waals surface area contributed by atoms with E-state index in [0.717, 1.165) is 51.6 Å². The number of nitrogens with zero attached hydrogens (tertiary/aromatic N) is 3. The molecule has 11 heteroatoms. The lowest BCUT2D eigenvalue weighted by Crippen LogP contribution is -2.17. The standard InChI is InChI=1S/C24H23BrN4O4S2/c1-3-32-23(31)20-15-6-4-5-7-18(15)35-22(20)26-19(30)12-34-24-28-27-21(29(24)2)17-11-13-10-14(25)8-9-16(13)33-17/h8-11H,3-7,12H2,1-2H3,(H,26,30). The highest BCUT2D eigenvalue weighted by Crippen LogP contribution is 2.39. The molecule has 0 saturated carbocycles. The summed E-state index contributed by atoms with van der Waals surface area (Å²) >= 11 is 6.23. The number of esters is 1. The van der Waals surface area contributed by atoms with Crippen molar-refractivity contribution in [2.75, 3.05) is 17.7 Å². The summed E-state index contributed by atoms with van der Waals surface area (Å²) in [5.41, 5.74) is 2.30. The summed E-state index contributed by atoms with van der Waals surface area (Å²) in [5.74, 6) is 0.732. The Labute approximate surface area is 218 Å². The van der Waals surface area contributed by atoms with Crippen LogP contribution in [0.15, 0.2) is 38.3 Å². The largest absolute Gasteiger partial charge is 0.462 e. The van der Waals surface area contributed by atoms with Gasteiger partial charge in [0.15, 0.2) is 16.7 Å². The number of carbonyl (C=O) groups excluding carboxylic acids is 2. The van der Waals surface area contributed by atoms with Crippen LogP contribution in [0.5, 0.6) is 0 Å². The third-order valence-electron chi connectivity index (χ3n) is 5.77. The third kappa shape index (κ3) is 4.89. The lowest BCUT2D eigenvalue weighted by Gasteiger charge is -2.12. The van der Waals surface area contributed by atoms with E-state index in [1.807, 2.05) is 31.3 Å². The normalized spacial score (nSPS) is 13.1. The van der Waals surface area contributed by atoms with Gasteiger partial charge in [0.2, 0.25) is 5.91 Å². The number of carbonyl (C=O) groups is 2. The van der Waals surface area contributed by atoms with E-state index < -0.39 is 0 Å². The maximum Gasteiger partial charge on any atom is 0.341 e. The first kappa shape index (κ1) is 24.1. The van der Waals surface area contributed by atoms with E-state index in [1.165, 1.54) is 23.1 Å². The van der Waals surface area contributed by atoms with Crippen LogP contribution in [-0.2, 0) is 29.4 Å². The van der Waals surface area contributed by atoms with E-state index in [1.54, 1.807) is 11.5 Å². The summed E-state index contributed by atoms with van der Waals surface area (Å²) in [6, 6.07) is 7.71. The van der Waals surface area contributed by atoms with Gasteiger partial charge in [-0.1, -0.05) is 27.7 Å². The average Bonchev–Trinajstić information content (AvgIpc) is 3.51. The Bertz CT molecular complexity index is 1420. The van der Waals surface area contributed by atoms with Crippen molar-refractivity contribution in [3.8, 4) is 11.6 Å². The summed E-state index contributed by atoms with van der Waals surface area (Å²) in [6.45, 7) is 2.08. The number of thioether (sulfide) groups is 1. The first-order chi connectivity index (χ1) is 16.9. The summed E-state index contributed by atoms with van der Waals surface area (Å²) in [6.07, 6.45) is 3.90. The Balaban J connectivity index is 1.29. The molecule has 3 aromatic heterocycles. The monoisotopic (exact) mass is 574 g/mol. The predicted molar refractivity (Wildman–Crippen MR) is 140 cm³/mol. The topological polar surface area (TPSA) is 99.2 Å². The minimum Gasteiger partial charge on any atom is -0.462 e. The van der Waals surface area contributed by atoms with Crippen LogP contribution in [0.3, 0.4) is 0 Å². The first-order valence-electron chi connectivity index (χ1n) is 11.3. The molecule has 1 N–H and O–H groups in total. The van der Waals surface area contributed by atoms with Crippen molar-refractivity contribution < 1.29 is 18.7 Å². The molecule has 35 heavy (non-hydrogen) atoms. The van der Waals surface area contributed by atoms with Crippen LogP contribution in [0.2, 0.25) is 0 Å². The molecule has 8 nitrogen and oxygen atoms in total. The number of rotatable bonds is 7. The lowest BCUT2D eigenvalue weighted by molar-refractivity contribution is -0.113. The van der Waals surface area contributed by atoms with E-state index in [4.69, 9.17) is 9.15 Å². The number of furan rings is 1. The smallest absolute Gasteiger partial charge is 0.341 e. The fraction of sp³-hybridized carbons (Fsp3) is 0.333. The molecule has 0 fully saturated rings. The SMILES string of the molecule is CCOC(=O)c1c(NC(=O)CSc2nnc(-c3cc4cc(Br)ccc4o3)n2C)sc2c1CCCC2. The van der Waals surface area contributed by atoms with Gasteiger partial charge in [-0.05, 0) is 62.4 Å². The zero-order chi connectivity index (χ0) is 24.5. The highest BCUT2D eigenvalue weighted by Gasteiger charge is 2.27. The maximum atomic E-state index is 12.8. The average molecular weight is 576 g/mol. The van der Waals surface area contributed by atoms with Gasteiger partial charge in [-0.3, -0.25) is 4.79 Å². The molecule has 0 saturated heterocycles. The van der Waals surface area contributed by atoms with Crippen LogP contribution in [0.1, 0.15) is 40.6 Å². The lowest BCUT2D eigenvalue weighted by atomic mass is 9.95. The minimum atomic E-state index is -0.370. The number of nitrogens with one attached hydrogen (secondary N) is 1. The van der Waals surface area contributed by atoms with Crippen LogP contribution < -0.4 is 5.32 Å². The van der Waals surface area contributed by atoms with Crippen molar-refractivity contribution in [3.05, 3.63) is 44.7 Å². The van der Waals surface area contributed by atoms with E-state index in [0.29, 0.717) is 33.9 Å². The predicted octanol–water partition coefficient (Wildman–Crippen LogP) is 5.84. The van der Waals surface area contributed by atoms with Crippen LogP contribution in [0.25, 0.3) is 22.6 Å². The highest BCUT2D eigenvalue weighted by atomic mass is 79.9. The molecule has 5 rings (SSSR count). The van der Waals surface area contributed by atoms with Gasteiger partial charge in [0, 0.05) is 21.8 Å². The van der Waals surface area contributed by atoms with Crippen molar-refractivity contribution in [1.82, 2.24) is 14.8 Å². The molecule has 1 aromatic carbocycles. The van der Waals surface area contributed by atoms with Gasteiger partial charge in [-0.2, -0.15) is 0 Å². The molecule has 0 spiro atoms. The van der Waals surface area contributed by atoms with E-state index in [9.17, 15) is 9.59 Å². The molecule has 0 bridgehead atoms. The second kappa shape index (κ2) is 10.2. The highest BCUT2D eigenvalue weighted by molar-refractivity contribution is 9.10. The van der Waals surface area contributed by atoms with Gasteiger partial charge in [0.25, 0.3) is 0 Å². The number of benzene rings is 1. The van der Waals surface area contributed by atoms with Crippen LogP contribution in [0, 0.1) is 0 Å². The number of hydrogen-bond acceptors (Lipinski definition) is 8. The number of aryl methyl sites for hydroxylation is 1. The zero-order valence-electron chi connectivity index (χ0n) is 19.2. The number of fused-ring (bicyclic) bond motifs is 2. The van der Waals surface area contributed by atoms with Crippen molar-refractivity contribution in [1.29, 1.82) is 0 Å². The number of anilines is 1. The van der Waals surface area contributed by atoms with Crippen molar-refractivity contribution in [2.45, 2.75) is 37.8 Å². The van der Waals surface area contributed by atoms with Crippen LogP contribution in [0.4, 0.5) is 5.00 Å². The van der Waals surface area contributed by atoms with Crippen molar-refractivity contribution in [3.63, 3.8) is 0 Å². The molecule has 4 aromatic rings. The van der Waals surface area contributed by atoms with Gasteiger partial charge >= 0.3 is 5.97 Å². The molecular weight excluding hydrogens is 552 g/mol. The number of aromatic nitrogens is 3. The van der Waals surface area contributed by atoms with E-state index in [2.05, 4.69) is 31.4 Å².